The summed E-state index contributed by atoms with van der Waals surface area (Å²) >= 11 is 5.58. The molecule has 792 valence electrons. The van der Waals surface area contributed by atoms with Gasteiger partial charge in [-0.1, -0.05) is 70.6 Å². The summed E-state index contributed by atoms with van der Waals surface area (Å²) in [4.78, 5) is 177. The van der Waals surface area contributed by atoms with E-state index in [0.29, 0.717) is 62.7 Å². The topological polar surface area (TPSA) is 619 Å². The van der Waals surface area contributed by atoms with Gasteiger partial charge in [0.15, 0.2) is 65.4 Å². The van der Waals surface area contributed by atoms with Crippen LogP contribution >= 0.6 is 70.6 Å². The number of anilines is 6. The van der Waals surface area contributed by atoms with Crippen LogP contribution in [0.3, 0.4) is 0 Å². The molecule has 0 unspecified atom stereocenters. The van der Waals surface area contributed by atoms with Crippen LogP contribution in [-0.4, -0.2) is 276 Å². The third kappa shape index (κ3) is 39.7. The summed E-state index contributed by atoms with van der Waals surface area (Å²) in [5.41, 5.74) is 4.46. The first-order valence-corrected chi connectivity index (χ1v) is 58.1. The molecular formula is C95H99N17O26S12. The van der Waals surface area contributed by atoms with E-state index in [9.17, 15) is 118 Å². The molecule has 55 heteroatoms. The number of pyridine rings is 2. The molecule has 12 rings (SSSR count). The summed E-state index contributed by atoms with van der Waals surface area (Å²) in [5, 5.41) is 16.9. The largest absolute Gasteiger partial charge is 0.394 e. The molecule has 43 nitrogen and oxygen atoms in total. The average molecular weight is 2280 g/mol. The smallest absolute Gasteiger partial charge is 0.300 e. The zero-order valence-corrected chi connectivity index (χ0v) is 91.0. The molecule has 0 atom stereocenters. The van der Waals surface area contributed by atoms with Crippen molar-refractivity contribution >= 4 is 230 Å². The van der Waals surface area contributed by atoms with E-state index < -0.39 is 66.7 Å². The van der Waals surface area contributed by atoms with Crippen LogP contribution in [0.15, 0.2) is 299 Å². The minimum absolute atomic E-state index is 0.0190. The van der Waals surface area contributed by atoms with Crippen LogP contribution in [0, 0.1) is 0 Å². The number of hydrogen-bond donors (Lipinski definition) is 4. The fourth-order valence-electron chi connectivity index (χ4n) is 11.7. The predicted molar refractivity (Wildman–Crippen MR) is 574 cm³/mol. The monoisotopic (exact) mass is 2280 g/mol. The molecule has 0 radical (unpaired) electrons. The molecule has 0 bridgehead atoms. The second-order valence-electron chi connectivity index (χ2n) is 30.3. The van der Waals surface area contributed by atoms with Crippen molar-refractivity contribution in [2.24, 2.45) is 0 Å². The molecule has 0 spiro atoms. The molecule has 0 amide bonds. The number of benzene rings is 6. The highest BCUT2D eigenvalue weighted by atomic mass is 32.2. The normalized spacial score (nSPS) is 11.1. The van der Waals surface area contributed by atoms with Gasteiger partial charge < -0.3 is 15.1 Å². The standard InChI is InChI=1S/C19H23N3O4S2.2C16H17N3O5S2.C16H16N2O4S2.2C14H13N3O4S2/c1-15(23)27-14-19(24)16-4-6-17(7-5-16)22(13-12-21(2)3)28(25,26)18-8-10-20-11-9-18;1-12(21)25-11-15(22)13-3-5-14(6-4-13)19(9-10-20)26(23,24)16-17-7-2-8-18-16;1-12(21)25-10-16(22)13-2-4-14(5-3-13)19(6-7-20)26(23,24)15-8-17-11-18-9-15;1-12(19)23-11-16(20)13-3-5-14(6-4-13)18(2)24(21,22)15-7-9-17-10-8-15;1-10(18)22-9-13(19)11-3-5-12(6-4-11)17-23(20,21)14-15-7-2-8-16-14;1-10(18)22-8-14(19)11-2-4-12(5-3-11)17-23(20,21)13-6-15-9-16-7-13/h4-11H,12-14H2,1-3H3;2-8,20H,9-11H2,1H3;2-5,8-9,11,20H,6-7,10H2,1H3;3-10H,11H2,1-2H3;2-8,17H,9H2,1H3;2-7,9,17H,8H2,1H3. The zero-order valence-electron chi connectivity index (χ0n) is 81.2. The Hall–Kier alpha value is -13.5. The predicted octanol–water partition coefficient (Wildman–Crippen LogP) is 10.4. The van der Waals surface area contributed by atoms with Gasteiger partial charge in [-0.2, -0.15) is 16.8 Å². The van der Waals surface area contributed by atoms with E-state index in [1.165, 1.54) is 273 Å². The fourth-order valence-corrected chi connectivity index (χ4v) is 21.9. The number of Topliss-reactive ketones (excluding diaryl/α,β-unsaturated/α-hetero) is 6. The van der Waals surface area contributed by atoms with Gasteiger partial charge in [0.05, 0.1) is 118 Å². The van der Waals surface area contributed by atoms with Crippen LogP contribution in [0.5, 0.6) is 0 Å². The van der Waals surface area contributed by atoms with Gasteiger partial charge in [-0.05, 0) is 196 Å². The van der Waals surface area contributed by atoms with E-state index in [2.05, 4.69) is 59.3 Å². The third-order valence-corrected chi connectivity index (χ3v) is 33.5. The molecule has 4 N–H and O–H groups in total. The summed E-state index contributed by atoms with van der Waals surface area (Å²) in [6.45, 7) is 8.00. The highest BCUT2D eigenvalue weighted by molar-refractivity contribution is 8.15. The number of rotatable bonds is 43. The molecule has 0 saturated carbocycles. The Morgan fingerprint density at radius 1 is 0.273 bits per heavy atom. The minimum Gasteiger partial charge on any atom is -0.394 e. The van der Waals surface area contributed by atoms with Gasteiger partial charge in [0, 0.05) is 156 Å². The van der Waals surface area contributed by atoms with E-state index >= 15 is 0 Å². The van der Waals surface area contributed by atoms with Crippen molar-refractivity contribution in [1.82, 2.24) is 54.7 Å². The first kappa shape index (κ1) is 123. The van der Waals surface area contributed by atoms with Crippen molar-refractivity contribution in [3.05, 3.63) is 302 Å². The Balaban J connectivity index is 0.000000244. The van der Waals surface area contributed by atoms with Crippen molar-refractivity contribution in [1.29, 1.82) is 0 Å². The summed E-state index contributed by atoms with van der Waals surface area (Å²) in [5.74, 6) is -0.940. The van der Waals surface area contributed by atoms with Gasteiger partial charge in [-0.25, -0.2) is 73.5 Å². The second kappa shape index (κ2) is 60.3. The first-order valence-electron chi connectivity index (χ1n) is 43.5. The Morgan fingerprint density at radius 2 is 0.527 bits per heavy atom. The van der Waals surface area contributed by atoms with Gasteiger partial charge in [-0.3, -0.25) is 94.2 Å². The highest BCUT2D eigenvalue weighted by Crippen LogP contribution is 2.30. The molecule has 6 aromatic carbocycles. The molecule has 0 aliphatic carbocycles. The number of aliphatic hydroxyl groups excluding tert-OH is 2. The molecular weight excluding hydrogens is 2180 g/mol. The van der Waals surface area contributed by atoms with Gasteiger partial charge >= 0.3 is 0 Å². The number of carbonyl (C=O) groups excluding carboxylic acids is 12. The molecule has 0 aliphatic rings. The lowest BCUT2D eigenvalue weighted by Gasteiger charge is -2.26. The number of nitrogens with zero attached hydrogens (tertiary/aromatic N) is 15. The lowest BCUT2D eigenvalue weighted by Crippen LogP contribution is -2.36. The third-order valence-electron chi connectivity index (χ3n) is 19.1. The lowest BCUT2D eigenvalue weighted by molar-refractivity contribution is -0.109. The second-order valence-corrected chi connectivity index (χ2v) is 47.9. The number of hydrogen-bond acceptors (Lipinski definition) is 43. The maximum Gasteiger partial charge on any atom is 0.300 e. The van der Waals surface area contributed by atoms with Gasteiger partial charge in [0.1, 0.15) is 22.4 Å². The Morgan fingerprint density at radius 3 is 0.820 bits per heavy atom. The van der Waals surface area contributed by atoms with E-state index in [1.807, 2.05) is 19.0 Å². The lowest BCUT2D eigenvalue weighted by atomic mass is 10.1. The van der Waals surface area contributed by atoms with Gasteiger partial charge in [-0.15, -0.1) is 0 Å². The van der Waals surface area contributed by atoms with E-state index in [1.54, 1.807) is 48.5 Å². The van der Waals surface area contributed by atoms with Crippen molar-refractivity contribution in [2.75, 3.05) is 122 Å². The minimum atomic E-state index is -4.05. The summed E-state index contributed by atoms with van der Waals surface area (Å²) in [7, 11) is -17.9. The number of ketones is 6. The van der Waals surface area contributed by atoms with Gasteiger partial charge in [0.25, 0.3) is 70.5 Å². The number of sulfonamides is 6. The van der Waals surface area contributed by atoms with Gasteiger partial charge in [0.2, 0.25) is 0 Å². The molecule has 6 aromatic heterocycles. The molecule has 0 aliphatic heterocycles. The molecule has 0 saturated heterocycles. The maximum absolute atomic E-state index is 13.1. The van der Waals surface area contributed by atoms with Crippen LogP contribution in [-0.2, 0) is 88.9 Å². The fraction of sp³-hybridized carbons (Fsp3) is 0.221. The van der Waals surface area contributed by atoms with E-state index in [4.69, 9.17) is 0 Å². The zero-order chi connectivity index (χ0) is 111. The first-order chi connectivity index (χ1) is 71.0. The highest BCUT2D eigenvalue weighted by Gasteiger charge is 2.31. The van der Waals surface area contributed by atoms with Crippen LogP contribution < -0.4 is 26.7 Å². The quantitative estimate of drug-likeness (QED) is 0.0204. The molecule has 150 heavy (non-hydrogen) atoms. The van der Waals surface area contributed by atoms with Crippen molar-refractivity contribution in [3.8, 4) is 0 Å². The van der Waals surface area contributed by atoms with Crippen molar-refractivity contribution < 1.29 is 118 Å². The number of thioether (sulfide) groups is 6. The Kier molecular flexibility index (Phi) is 49.6. The number of aliphatic hydroxyl groups is 2. The van der Waals surface area contributed by atoms with E-state index in [0.717, 1.165) is 83.5 Å². The summed E-state index contributed by atoms with van der Waals surface area (Å²) in [6, 6.07) is 45.0. The Labute approximate surface area is 891 Å². The number of carbonyl (C=O) groups is 12. The average Bonchev–Trinajstić information content (AvgIpc) is 0.795. The SMILES string of the molecule is CC(=O)SCC(=O)c1ccc(N(C)S(=O)(=O)c2ccncc2)cc1.CC(=O)SCC(=O)c1ccc(N(CCN(C)C)S(=O)(=O)c2ccncc2)cc1.CC(=O)SCC(=O)c1ccc(N(CCO)S(=O)(=O)c2cncnc2)cc1.CC(=O)SCC(=O)c1ccc(N(CCO)S(=O)(=O)c2ncccn2)cc1.CC(=O)SCC(=O)c1ccc(NS(=O)(=O)c2cncnc2)cc1.CC(=O)SCC(=O)c1ccc(NS(=O)(=O)c2ncccn2)cc1. The van der Waals surface area contributed by atoms with E-state index in [-0.39, 0.29) is 167 Å². The number of aromatic nitrogens is 10. The molecule has 6 heterocycles. The van der Waals surface area contributed by atoms with Crippen LogP contribution in [0.25, 0.3) is 0 Å². The summed E-state index contributed by atoms with van der Waals surface area (Å²) < 4.78 is 160. The van der Waals surface area contributed by atoms with Crippen LogP contribution in [0.2, 0.25) is 0 Å². The van der Waals surface area contributed by atoms with Crippen molar-refractivity contribution in [3.63, 3.8) is 0 Å². The Bertz CT molecular complexity index is 7090. The number of nitrogens with one attached hydrogen (secondary N) is 2. The number of likely N-dealkylation sites (N-methyl/N-ethyl adjacent to an activating group) is 1. The van der Waals surface area contributed by atoms with Crippen LogP contribution in [0.1, 0.15) is 104 Å². The molecule has 0 fully saturated rings. The van der Waals surface area contributed by atoms with Crippen molar-refractivity contribution in [2.45, 2.75) is 71.4 Å². The summed E-state index contributed by atoms with van der Waals surface area (Å²) in [6.07, 6.45) is 18.1. The van der Waals surface area contributed by atoms with Crippen LogP contribution in [0.4, 0.5) is 34.1 Å². The maximum atomic E-state index is 13.1. The molecule has 12 aromatic rings.